The number of thiophene rings is 1. The number of halogens is 1. The van der Waals surface area contributed by atoms with Crippen LogP contribution >= 0.6 is 35.3 Å². The van der Waals surface area contributed by atoms with Crippen LogP contribution in [0, 0.1) is 11.8 Å². The quantitative estimate of drug-likeness (QED) is 0.440. The Morgan fingerprint density at radius 3 is 2.81 bits per heavy atom. The molecule has 2 atom stereocenters. The Kier molecular flexibility index (Phi) is 6.79. The maximum Gasteiger partial charge on any atom is 0.191 e. The summed E-state index contributed by atoms with van der Waals surface area (Å²) in [6.07, 6.45) is 8.57. The molecule has 2 fully saturated rings. The SMILES string of the molecule is CN=C(NCc1ccsc1)NC1CC1C1CCCCC1.I. The van der Waals surface area contributed by atoms with Crippen LogP contribution in [0.3, 0.4) is 0 Å². The van der Waals surface area contributed by atoms with Gasteiger partial charge < -0.3 is 10.6 Å². The minimum Gasteiger partial charge on any atom is -0.353 e. The Morgan fingerprint density at radius 2 is 2.14 bits per heavy atom. The van der Waals surface area contributed by atoms with Crippen molar-refractivity contribution in [3.63, 3.8) is 0 Å². The average molecular weight is 419 g/mol. The molecule has 0 amide bonds. The van der Waals surface area contributed by atoms with Crippen LogP contribution in [0.15, 0.2) is 21.8 Å². The number of aliphatic imine (C=N–C) groups is 1. The van der Waals surface area contributed by atoms with E-state index in [4.69, 9.17) is 0 Å². The highest BCUT2D eigenvalue weighted by atomic mass is 127. The van der Waals surface area contributed by atoms with Crippen LogP contribution in [0.5, 0.6) is 0 Å². The monoisotopic (exact) mass is 419 g/mol. The molecule has 2 unspecified atom stereocenters. The van der Waals surface area contributed by atoms with Crippen LogP contribution in [0.1, 0.15) is 44.1 Å². The van der Waals surface area contributed by atoms with Crippen molar-refractivity contribution in [2.75, 3.05) is 7.05 Å². The van der Waals surface area contributed by atoms with Crippen LogP contribution in [-0.4, -0.2) is 19.0 Å². The van der Waals surface area contributed by atoms with Crippen molar-refractivity contribution in [3.05, 3.63) is 22.4 Å². The van der Waals surface area contributed by atoms with Gasteiger partial charge in [0.25, 0.3) is 0 Å². The van der Waals surface area contributed by atoms with E-state index in [0.717, 1.165) is 24.3 Å². The lowest BCUT2D eigenvalue weighted by molar-refractivity contribution is 0.315. The lowest BCUT2D eigenvalue weighted by Gasteiger charge is -2.22. The molecule has 3 rings (SSSR count). The molecule has 21 heavy (non-hydrogen) atoms. The van der Waals surface area contributed by atoms with E-state index in [9.17, 15) is 0 Å². The molecule has 2 saturated carbocycles. The molecule has 2 aliphatic rings. The average Bonchev–Trinajstić information content (AvgIpc) is 3.06. The standard InChI is InChI=1S/C16H25N3S.HI/c1-17-16(18-10-12-7-8-20-11-12)19-15-9-14(15)13-5-3-2-4-6-13;/h7-8,11,13-15H,2-6,9-10H2,1H3,(H2,17,18,19);1H. The molecule has 2 N–H and O–H groups in total. The molecule has 0 aliphatic heterocycles. The van der Waals surface area contributed by atoms with Gasteiger partial charge in [0.15, 0.2) is 5.96 Å². The minimum absolute atomic E-state index is 0. The zero-order chi connectivity index (χ0) is 13.8. The second-order valence-electron chi connectivity index (χ2n) is 6.11. The molecule has 0 spiro atoms. The summed E-state index contributed by atoms with van der Waals surface area (Å²) in [6, 6.07) is 2.82. The van der Waals surface area contributed by atoms with Gasteiger partial charge in [-0.15, -0.1) is 24.0 Å². The van der Waals surface area contributed by atoms with Gasteiger partial charge in [0.1, 0.15) is 0 Å². The van der Waals surface area contributed by atoms with Crippen LogP contribution < -0.4 is 10.6 Å². The van der Waals surface area contributed by atoms with Crippen molar-refractivity contribution < 1.29 is 0 Å². The van der Waals surface area contributed by atoms with Crippen molar-refractivity contribution in [3.8, 4) is 0 Å². The highest BCUT2D eigenvalue weighted by Gasteiger charge is 2.43. The van der Waals surface area contributed by atoms with E-state index in [1.807, 2.05) is 7.05 Å². The van der Waals surface area contributed by atoms with Gasteiger partial charge in [0.2, 0.25) is 0 Å². The molecule has 1 heterocycles. The molecule has 0 bridgehead atoms. The maximum absolute atomic E-state index is 4.35. The summed E-state index contributed by atoms with van der Waals surface area (Å²) in [7, 11) is 1.86. The van der Waals surface area contributed by atoms with Gasteiger partial charge in [-0.25, -0.2) is 0 Å². The summed E-state index contributed by atoms with van der Waals surface area (Å²) in [4.78, 5) is 4.35. The highest BCUT2D eigenvalue weighted by molar-refractivity contribution is 14.0. The van der Waals surface area contributed by atoms with Gasteiger partial charge in [0, 0.05) is 19.6 Å². The molecular weight excluding hydrogens is 393 g/mol. The summed E-state index contributed by atoms with van der Waals surface area (Å²) >= 11 is 1.74. The van der Waals surface area contributed by atoms with Crippen LogP contribution in [0.25, 0.3) is 0 Å². The van der Waals surface area contributed by atoms with E-state index in [0.29, 0.717) is 6.04 Å². The fourth-order valence-corrected chi connectivity index (χ4v) is 4.08. The molecule has 118 valence electrons. The van der Waals surface area contributed by atoms with Gasteiger partial charge in [-0.3, -0.25) is 4.99 Å². The zero-order valence-corrected chi connectivity index (χ0v) is 15.8. The predicted octanol–water partition coefficient (Wildman–Crippen LogP) is 4.00. The van der Waals surface area contributed by atoms with E-state index in [-0.39, 0.29) is 24.0 Å². The third kappa shape index (κ3) is 4.84. The Labute approximate surface area is 149 Å². The molecule has 0 saturated heterocycles. The molecular formula is C16H26IN3S. The van der Waals surface area contributed by atoms with Gasteiger partial charge >= 0.3 is 0 Å². The number of nitrogens with zero attached hydrogens (tertiary/aromatic N) is 1. The molecule has 1 aromatic heterocycles. The highest BCUT2D eigenvalue weighted by Crippen LogP contribution is 2.44. The van der Waals surface area contributed by atoms with Crippen LogP contribution in [0.2, 0.25) is 0 Å². The third-order valence-electron chi connectivity index (χ3n) is 4.68. The summed E-state index contributed by atoms with van der Waals surface area (Å²) in [6.45, 7) is 0.865. The molecule has 3 nitrogen and oxygen atoms in total. The van der Waals surface area contributed by atoms with Crippen molar-refractivity contribution in [2.24, 2.45) is 16.8 Å². The third-order valence-corrected chi connectivity index (χ3v) is 5.41. The summed E-state index contributed by atoms with van der Waals surface area (Å²) in [5, 5.41) is 11.3. The lowest BCUT2D eigenvalue weighted by Crippen LogP contribution is -2.39. The van der Waals surface area contributed by atoms with Crippen molar-refractivity contribution >= 4 is 41.3 Å². The smallest absolute Gasteiger partial charge is 0.191 e. The van der Waals surface area contributed by atoms with E-state index < -0.39 is 0 Å². The van der Waals surface area contributed by atoms with Gasteiger partial charge in [-0.1, -0.05) is 32.1 Å². The Balaban J connectivity index is 0.00000161. The number of guanidine groups is 1. The summed E-state index contributed by atoms with van der Waals surface area (Å²) in [5.41, 5.74) is 1.33. The Hall–Kier alpha value is -0.300. The number of hydrogen-bond acceptors (Lipinski definition) is 2. The number of nitrogens with one attached hydrogen (secondary N) is 2. The van der Waals surface area contributed by atoms with Crippen molar-refractivity contribution in [2.45, 2.75) is 51.1 Å². The maximum atomic E-state index is 4.35. The summed E-state index contributed by atoms with van der Waals surface area (Å²) < 4.78 is 0. The number of hydrogen-bond donors (Lipinski definition) is 2. The van der Waals surface area contributed by atoms with Gasteiger partial charge in [-0.2, -0.15) is 11.3 Å². The second kappa shape index (κ2) is 8.36. The fourth-order valence-electron chi connectivity index (χ4n) is 3.41. The first-order chi connectivity index (χ1) is 9.86. The topological polar surface area (TPSA) is 36.4 Å². The number of rotatable bonds is 4. The van der Waals surface area contributed by atoms with Crippen molar-refractivity contribution in [1.29, 1.82) is 0 Å². The summed E-state index contributed by atoms with van der Waals surface area (Å²) in [5.74, 6) is 2.82. The van der Waals surface area contributed by atoms with E-state index in [1.54, 1.807) is 11.3 Å². The predicted molar refractivity (Wildman–Crippen MR) is 102 cm³/mol. The van der Waals surface area contributed by atoms with E-state index in [2.05, 4.69) is 32.5 Å². The normalized spacial score (nSPS) is 26.0. The van der Waals surface area contributed by atoms with Crippen LogP contribution in [0.4, 0.5) is 0 Å². The molecule has 5 heteroatoms. The second-order valence-corrected chi connectivity index (χ2v) is 6.89. The van der Waals surface area contributed by atoms with Crippen LogP contribution in [-0.2, 0) is 6.54 Å². The first-order valence-corrected chi connectivity index (χ1v) is 8.79. The molecule has 1 aromatic rings. The Morgan fingerprint density at radius 1 is 1.33 bits per heavy atom. The molecule has 0 aromatic carbocycles. The lowest BCUT2D eigenvalue weighted by atomic mass is 9.85. The Bertz CT molecular complexity index is 440. The van der Waals surface area contributed by atoms with Gasteiger partial charge in [0.05, 0.1) is 0 Å². The van der Waals surface area contributed by atoms with Gasteiger partial charge in [-0.05, 0) is 40.6 Å². The first-order valence-electron chi connectivity index (χ1n) is 7.85. The molecule has 0 radical (unpaired) electrons. The zero-order valence-electron chi connectivity index (χ0n) is 12.7. The first kappa shape index (κ1) is 17.1. The fraction of sp³-hybridized carbons (Fsp3) is 0.688. The largest absolute Gasteiger partial charge is 0.353 e. The van der Waals surface area contributed by atoms with Crippen molar-refractivity contribution in [1.82, 2.24) is 10.6 Å². The van der Waals surface area contributed by atoms with E-state index >= 15 is 0 Å². The minimum atomic E-state index is 0. The molecule has 2 aliphatic carbocycles. The van der Waals surface area contributed by atoms with E-state index in [1.165, 1.54) is 44.1 Å².